The predicted octanol–water partition coefficient (Wildman–Crippen LogP) is 2.45. The zero-order chi connectivity index (χ0) is 15.1. The molecule has 0 fully saturated rings. The van der Waals surface area contributed by atoms with Crippen LogP contribution in [0.3, 0.4) is 0 Å². The summed E-state index contributed by atoms with van der Waals surface area (Å²) in [5.74, 6) is 2.44. The fourth-order valence-electron chi connectivity index (χ4n) is 1.75. The van der Waals surface area contributed by atoms with E-state index in [1.807, 2.05) is 24.3 Å². The van der Waals surface area contributed by atoms with Gasteiger partial charge < -0.3 is 18.7 Å². The van der Waals surface area contributed by atoms with E-state index in [4.69, 9.17) is 18.7 Å². The van der Waals surface area contributed by atoms with Gasteiger partial charge in [-0.2, -0.15) is 4.98 Å². The molecule has 6 heteroatoms. The molecule has 0 spiro atoms. The van der Waals surface area contributed by atoms with Gasteiger partial charge in [-0.3, -0.25) is 0 Å². The molecular formula is C15H18N2O4. The minimum atomic E-state index is 0.455. The fourth-order valence-corrected chi connectivity index (χ4v) is 1.75. The quantitative estimate of drug-likeness (QED) is 0.780. The van der Waals surface area contributed by atoms with Gasteiger partial charge in [0.05, 0.1) is 20.8 Å². The Balaban J connectivity index is 2.08. The summed E-state index contributed by atoms with van der Waals surface area (Å²) in [5.41, 5.74) is 0.948. The lowest BCUT2D eigenvalue weighted by Crippen LogP contribution is -1.95. The van der Waals surface area contributed by atoms with Crippen LogP contribution in [0.25, 0.3) is 12.2 Å². The Labute approximate surface area is 123 Å². The maximum absolute atomic E-state index is 5.25. The van der Waals surface area contributed by atoms with Gasteiger partial charge in [-0.25, -0.2) is 0 Å². The molecular weight excluding hydrogens is 272 g/mol. The summed E-state index contributed by atoms with van der Waals surface area (Å²) in [6, 6.07) is 5.63. The minimum Gasteiger partial charge on any atom is -0.493 e. The molecule has 0 atom stereocenters. The van der Waals surface area contributed by atoms with Gasteiger partial charge in [-0.05, 0) is 23.8 Å². The van der Waals surface area contributed by atoms with Crippen LogP contribution < -0.4 is 9.47 Å². The number of ether oxygens (including phenoxy) is 3. The molecule has 0 radical (unpaired) electrons. The van der Waals surface area contributed by atoms with Gasteiger partial charge in [0.15, 0.2) is 17.3 Å². The van der Waals surface area contributed by atoms with E-state index in [0.29, 0.717) is 36.2 Å². The second-order valence-electron chi connectivity index (χ2n) is 4.24. The third-order valence-corrected chi connectivity index (χ3v) is 2.84. The number of methoxy groups -OCH3 is 3. The lowest BCUT2D eigenvalue weighted by molar-refractivity contribution is 0.199. The van der Waals surface area contributed by atoms with Crippen molar-refractivity contribution in [3.8, 4) is 11.5 Å². The summed E-state index contributed by atoms with van der Waals surface area (Å²) in [5, 5.41) is 3.87. The Morgan fingerprint density at radius 2 is 1.90 bits per heavy atom. The Morgan fingerprint density at radius 1 is 1.10 bits per heavy atom. The van der Waals surface area contributed by atoms with Gasteiger partial charge in [0.2, 0.25) is 0 Å². The highest BCUT2D eigenvalue weighted by Crippen LogP contribution is 2.28. The van der Waals surface area contributed by atoms with Crippen molar-refractivity contribution in [2.45, 2.75) is 6.42 Å². The largest absolute Gasteiger partial charge is 0.493 e. The highest BCUT2D eigenvalue weighted by molar-refractivity contribution is 5.67. The van der Waals surface area contributed by atoms with Crippen molar-refractivity contribution >= 4 is 12.2 Å². The van der Waals surface area contributed by atoms with Crippen molar-refractivity contribution in [2.24, 2.45) is 0 Å². The summed E-state index contributed by atoms with van der Waals surface area (Å²) in [7, 11) is 4.84. The molecule has 21 heavy (non-hydrogen) atoms. The second kappa shape index (κ2) is 7.44. The highest BCUT2D eigenvalue weighted by Gasteiger charge is 2.05. The maximum Gasteiger partial charge on any atom is 0.250 e. The third-order valence-electron chi connectivity index (χ3n) is 2.84. The van der Waals surface area contributed by atoms with E-state index < -0.39 is 0 Å². The first-order chi connectivity index (χ1) is 10.3. The molecule has 0 aliphatic carbocycles. The monoisotopic (exact) mass is 290 g/mol. The van der Waals surface area contributed by atoms with Crippen LogP contribution in [-0.2, 0) is 11.2 Å². The normalized spacial score (nSPS) is 11.0. The first-order valence-electron chi connectivity index (χ1n) is 6.48. The van der Waals surface area contributed by atoms with Crippen LogP contribution in [-0.4, -0.2) is 38.1 Å². The van der Waals surface area contributed by atoms with E-state index in [9.17, 15) is 0 Å². The van der Waals surface area contributed by atoms with E-state index in [0.717, 1.165) is 5.56 Å². The molecule has 0 aliphatic heterocycles. The Bertz CT molecular complexity index is 607. The Hall–Kier alpha value is -2.34. The van der Waals surface area contributed by atoms with Gasteiger partial charge >= 0.3 is 0 Å². The first kappa shape index (κ1) is 15.1. The summed E-state index contributed by atoms with van der Waals surface area (Å²) < 4.78 is 20.5. The molecule has 112 valence electrons. The van der Waals surface area contributed by atoms with Gasteiger partial charge in [0, 0.05) is 19.6 Å². The van der Waals surface area contributed by atoms with Crippen LogP contribution in [0.4, 0.5) is 0 Å². The topological polar surface area (TPSA) is 66.6 Å². The minimum absolute atomic E-state index is 0.455. The average Bonchev–Trinajstić information content (AvgIpc) is 2.98. The van der Waals surface area contributed by atoms with Gasteiger partial charge in [-0.15, -0.1) is 0 Å². The molecule has 0 aliphatic rings. The SMILES string of the molecule is COCCc1noc(C=Cc2ccc(OC)c(OC)c2)n1. The average molecular weight is 290 g/mol. The van der Waals surface area contributed by atoms with Crippen molar-refractivity contribution in [1.29, 1.82) is 0 Å². The predicted molar refractivity (Wildman–Crippen MR) is 78.4 cm³/mol. The van der Waals surface area contributed by atoms with Crippen molar-refractivity contribution in [1.82, 2.24) is 10.1 Å². The Morgan fingerprint density at radius 3 is 2.62 bits per heavy atom. The fraction of sp³-hybridized carbons (Fsp3) is 0.333. The molecule has 0 N–H and O–H groups in total. The van der Waals surface area contributed by atoms with Crippen molar-refractivity contribution in [2.75, 3.05) is 27.9 Å². The lowest BCUT2D eigenvalue weighted by atomic mass is 10.2. The molecule has 1 aromatic carbocycles. The van der Waals surface area contributed by atoms with Crippen LogP contribution >= 0.6 is 0 Å². The number of nitrogens with zero attached hydrogens (tertiary/aromatic N) is 2. The van der Waals surface area contributed by atoms with Gasteiger partial charge in [-0.1, -0.05) is 11.2 Å². The van der Waals surface area contributed by atoms with Crippen molar-refractivity contribution < 1.29 is 18.7 Å². The van der Waals surface area contributed by atoms with Gasteiger partial charge in [0.1, 0.15) is 0 Å². The van der Waals surface area contributed by atoms with E-state index in [1.54, 1.807) is 27.4 Å². The summed E-state index contributed by atoms with van der Waals surface area (Å²) in [6.45, 7) is 0.568. The molecule has 0 saturated heterocycles. The molecule has 6 nitrogen and oxygen atoms in total. The van der Waals surface area contributed by atoms with Crippen LogP contribution in [0.15, 0.2) is 22.7 Å². The smallest absolute Gasteiger partial charge is 0.250 e. The molecule has 0 amide bonds. The Kier molecular flexibility index (Phi) is 5.34. The zero-order valence-electron chi connectivity index (χ0n) is 12.3. The summed E-state index contributed by atoms with van der Waals surface area (Å²) in [6.07, 6.45) is 4.25. The van der Waals surface area contributed by atoms with E-state index in [2.05, 4.69) is 10.1 Å². The number of hydrogen-bond donors (Lipinski definition) is 0. The van der Waals surface area contributed by atoms with Gasteiger partial charge in [0.25, 0.3) is 5.89 Å². The lowest BCUT2D eigenvalue weighted by Gasteiger charge is -2.07. The van der Waals surface area contributed by atoms with Crippen LogP contribution in [0.5, 0.6) is 11.5 Å². The molecule has 0 unspecified atom stereocenters. The molecule has 0 bridgehead atoms. The van der Waals surface area contributed by atoms with Crippen LogP contribution in [0.1, 0.15) is 17.3 Å². The number of hydrogen-bond acceptors (Lipinski definition) is 6. The van der Waals surface area contributed by atoms with Crippen molar-refractivity contribution in [3.05, 3.63) is 35.5 Å². The number of rotatable bonds is 7. The molecule has 1 aromatic heterocycles. The highest BCUT2D eigenvalue weighted by atomic mass is 16.5. The van der Waals surface area contributed by atoms with E-state index in [1.165, 1.54) is 0 Å². The second-order valence-corrected chi connectivity index (χ2v) is 4.24. The molecule has 1 heterocycles. The molecule has 2 rings (SSSR count). The van der Waals surface area contributed by atoms with E-state index >= 15 is 0 Å². The first-order valence-corrected chi connectivity index (χ1v) is 6.48. The third kappa shape index (κ3) is 4.06. The van der Waals surface area contributed by atoms with Crippen molar-refractivity contribution in [3.63, 3.8) is 0 Å². The van der Waals surface area contributed by atoms with Crippen LogP contribution in [0, 0.1) is 0 Å². The molecule has 2 aromatic rings. The standard InChI is InChI=1S/C15H18N2O4/c1-18-9-8-14-16-15(21-17-14)7-5-11-4-6-12(19-2)13(10-11)20-3/h4-7,10H,8-9H2,1-3H3. The maximum atomic E-state index is 5.25. The van der Waals surface area contributed by atoms with E-state index in [-0.39, 0.29) is 0 Å². The number of aromatic nitrogens is 2. The van der Waals surface area contributed by atoms with Crippen LogP contribution in [0.2, 0.25) is 0 Å². The summed E-state index contributed by atoms with van der Waals surface area (Å²) in [4.78, 5) is 4.24. The number of benzene rings is 1. The zero-order valence-corrected chi connectivity index (χ0v) is 12.3. The molecule has 0 saturated carbocycles. The summed E-state index contributed by atoms with van der Waals surface area (Å²) >= 11 is 0.